The second-order valence-electron chi connectivity index (χ2n) is 5.56. The van der Waals surface area contributed by atoms with E-state index in [1.807, 2.05) is 55.5 Å². The number of amidine groups is 1. The molecule has 0 saturated heterocycles. The van der Waals surface area contributed by atoms with Gasteiger partial charge in [0, 0.05) is 6.42 Å². The summed E-state index contributed by atoms with van der Waals surface area (Å²) in [6, 6.07) is 16.2. The first-order chi connectivity index (χ1) is 10.6. The van der Waals surface area contributed by atoms with Crippen LogP contribution in [-0.4, -0.2) is 11.7 Å². The zero-order valence-corrected chi connectivity index (χ0v) is 12.8. The Bertz CT molecular complexity index is 773. The van der Waals surface area contributed by atoms with Gasteiger partial charge in [0.1, 0.15) is 11.5 Å². The molecule has 1 amide bonds. The summed E-state index contributed by atoms with van der Waals surface area (Å²) >= 11 is 0. The Labute approximate surface area is 130 Å². The van der Waals surface area contributed by atoms with Gasteiger partial charge in [-0.1, -0.05) is 54.1 Å². The maximum Gasteiger partial charge on any atom is 0.275 e. The van der Waals surface area contributed by atoms with Gasteiger partial charge in [-0.05, 0) is 36.6 Å². The first-order valence-corrected chi connectivity index (χ1v) is 7.33. The molecule has 2 aromatic carbocycles. The van der Waals surface area contributed by atoms with E-state index >= 15 is 0 Å². The third-order valence-electron chi connectivity index (χ3n) is 3.68. The van der Waals surface area contributed by atoms with Gasteiger partial charge in [-0.25, -0.2) is 4.99 Å². The van der Waals surface area contributed by atoms with Gasteiger partial charge in [-0.2, -0.15) is 0 Å². The van der Waals surface area contributed by atoms with Crippen LogP contribution >= 0.6 is 0 Å². The fraction of sp³-hybridized carbons (Fsp3) is 0.158. The van der Waals surface area contributed by atoms with Crippen molar-refractivity contribution < 1.29 is 4.79 Å². The van der Waals surface area contributed by atoms with Crippen LogP contribution in [0.1, 0.15) is 22.3 Å². The highest BCUT2D eigenvalue weighted by Gasteiger charge is 2.20. The number of aryl methyl sites for hydroxylation is 2. The standard InChI is InChI=1S/C19H18N2O/c1-13-8-9-16(14(2)10-13)12-17-19(22)21-18(20-17)11-15-6-4-3-5-7-15/h3-10,12H,11H2,1-2H3,(H,20,21,22)/b17-12-. The number of nitrogens with zero attached hydrogens (tertiary/aromatic N) is 1. The van der Waals surface area contributed by atoms with Crippen LogP contribution in [-0.2, 0) is 11.2 Å². The summed E-state index contributed by atoms with van der Waals surface area (Å²) in [5.41, 5.74) is 4.99. The molecule has 0 radical (unpaired) electrons. The maximum atomic E-state index is 12.1. The molecule has 0 bridgehead atoms. The third kappa shape index (κ3) is 3.14. The lowest BCUT2D eigenvalue weighted by Crippen LogP contribution is -2.25. The van der Waals surface area contributed by atoms with E-state index in [1.54, 1.807) is 0 Å². The highest BCUT2D eigenvalue weighted by molar-refractivity contribution is 6.14. The molecule has 1 aliphatic heterocycles. The van der Waals surface area contributed by atoms with Gasteiger partial charge in [-0.3, -0.25) is 4.79 Å². The Morgan fingerprint density at radius 3 is 2.59 bits per heavy atom. The first kappa shape index (κ1) is 14.3. The largest absolute Gasteiger partial charge is 0.308 e. The molecule has 1 N–H and O–H groups in total. The maximum absolute atomic E-state index is 12.1. The average molecular weight is 290 g/mol. The number of hydrogen-bond acceptors (Lipinski definition) is 2. The van der Waals surface area contributed by atoms with E-state index in [9.17, 15) is 4.79 Å². The molecular formula is C19H18N2O. The van der Waals surface area contributed by atoms with Crippen LogP contribution < -0.4 is 5.32 Å². The summed E-state index contributed by atoms with van der Waals surface area (Å²) < 4.78 is 0. The second kappa shape index (κ2) is 5.98. The molecule has 0 spiro atoms. The number of hydrogen-bond donors (Lipinski definition) is 1. The van der Waals surface area contributed by atoms with Crippen LogP contribution in [0.25, 0.3) is 6.08 Å². The Morgan fingerprint density at radius 2 is 1.86 bits per heavy atom. The van der Waals surface area contributed by atoms with Crippen molar-refractivity contribution in [3.05, 3.63) is 76.5 Å². The molecule has 110 valence electrons. The number of nitrogens with one attached hydrogen (secondary N) is 1. The highest BCUT2D eigenvalue weighted by atomic mass is 16.2. The summed E-state index contributed by atoms with van der Waals surface area (Å²) in [5, 5.41) is 2.85. The molecule has 3 rings (SSSR count). The smallest absolute Gasteiger partial charge is 0.275 e. The van der Waals surface area contributed by atoms with E-state index in [0.29, 0.717) is 18.0 Å². The van der Waals surface area contributed by atoms with Gasteiger partial charge in [0.2, 0.25) is 0 Å². The van der Waals surface area contributed by atoms with Gasteiger partial charge in [-0.15, -0.1) is 0 Å². The Hall–Kier alpha value is -2.68. The Balaban J connectivity index is 1.85. The number of aliphatic imine (C=N–C) groups is 1. The van der Waals surface area contributed by atoms with Crippen molar-refractivity contribution in [2.75, 3.05) is 0 Å². The molecule has 0 aliphatic carbocycles. The minimum atomic E-state index is -0.133. The second-order valence-corrected chi connectivity index (χ2v) is 5.56. The minimum Gasteiger partial charge on any atom is -0.308 e. The van der Waals surface area contributed by atoms with E-state index in [4.69, 9.17) is 0 Å². The average Bonchev–Trinajstić information content (AvgIpc) is 2.83. The molecule has 2 aromatic rings. The van der Waals surface area contributed by atoms with Crippen LogP contribution in [0.4, 0.5) is 0 Å². The van der Waals surface area contributed by atoms with E-state index in [0.717, 1.165) is 16.7 Å². The zero-order valence-electron chi connectivity index (χ0n) is 12.8. The van der Waals surface area contributed by atoms with Gasteiger partial charge >= 0.3 is 0 Å². The fourth-order valence-corrected chi connectivity index (χ4v) is 2.52. The van der Waals surface area contributed by atoms with Crippen LogP contribution in [0.3, 0.4) is 0 Å². The third-order valence-corrected chi connectivity index (χ3v) is 3.68. The molecule has 0 atom stereocenters. The van der Waals surface area contributed by atoms with E-state index < -0.39 is 0 Å². The van der Waals surface area contributed by atoms with Gasteiger partial charge < -0.3 is 5.32 Å². The molecule has 0 unspecified atom stereocenters. The van der Waals surface area contributed by atoms with Crippen molar-refractivity contribution in [2.24, 2.45) is 4.99 Å². The normalized spacial score (nSPS) is 15.8. The van der Waals surface area contributed by atoms with Crippen LogP contribution in [0.15, 0.2) is 59.2 Å². The predicted molar refractivity (Wildman–Crippen MR) is 89.6 cm³/mol. The summed E-state index contributed by atoms with van der Waals surface area (Å²) in [5.74, 6) is 0.568. The number of rotatable bonds is 3. The van der Waals surface area contributed by atoms with Crippen molar-refractivity contribution in [1.82, 2.24) is 5.32 Å². The van der Waals surface area contributed by atoms with Crippen molar-refractivity contribution >= 4 is 17.8 Å². The molecule has 3 nitrogen and oxygen atoms in total. The molecule has 1 aliphatic rings. The minimum absolute atomic E-state index is 0.133. The number of carbonyl (C=O) groups excluding carboxylic acids is 1. The Morgan fingerprint density at radius 1 is 1.09 bits per heavy atom. The molecule has 0 aromatic heterocycles. The summed E-state index contributed by atoms with van der Waals surface area (Å²) in [6.45, 7) is 4.10. The monoisotopic (exact) mass is 290 g/mol. The lowest BCUT2D eigenvalue weighted by atomic mass is 10.0. The predicted octanol–water partition coefficient (Wildman–Crippen LogP) is 3.42. The molecule has 0 fully saturated rings. The van der Waals surface area contributed by atoms with Crippen LogP contribution in [0.2, 0.25) is 0 Å². The number of benzene rings is 2. The zero-order chi connectivity index (χ0) is 15.5. The molecule has 0 saturated carbocycles. The van der Waals surface area contributed by atoms with Gasteiger partial charge in [0.25, 0.3) is 5.91 Å². The summed E-state index contributed by atoms with van der Waals surface area (Å²) in [7, 11) is 0. The lowest BCUT2D eigenvalue weighted by molar-refractivity contribution is -0.115. The van der Waals surface area contributed by atoms with Crippen molar-refractivity contribution in [3.8, 4) is 0 Å². The first-order valence-electron chi connectivity index (χ1n) is 7.33. The van der Waals surface area contributed by atoms with Crippen LogP contribution in [0, 0.1) is 13.8 Å². The number of carbonyl (C=O) groups is 1. The molecule has 3 heteroatoms. The fourth-order valence-electron chi connectivity index (χ4n) is 2.52. The van der Waals surface area contributed by atoms with E-state index in [2.05, 4.69) is 23.3 Å². The molecule has 22 heavy (non-hydrogen) atoms. The summed E-state index contributed by atoms with van der Waals surface area (Å²) in [6.07, 6.45) is 2.49. The van der Waals surface area contributed by atoms with E-state index in [-0.39, 0.29) is 5.91 Å². The SMILES string of the molecule is Cc1ccc(/C=C2\N=C(Cc3ccccc3)NC2=O)c(C)c1. The lowest BCUT2D eigenvalue weighted by Gasteiger charge is -2.01. The van der Waals surface area contributed by atoms with E-state index in [1.165, 1.54) is 5.56 Å². The highest BCUT2D eigenvalue weighted by Crippen LogP contribution is 2.17. The van der Waals surface area contributed by atoms with Crippen LogP contribution in [0.5, 0.6) is 0 Å². The number of amides is 1. The van der Waals surface area contributed by atoms with Gasteiger partial charge in [0.05, 0.1) is 0 Å². The summed E-state index contributed by atoms with van der Waals surface area (Å²) in [4.78, 5) is 16.5. The topological polar surface area (TPSA) is 41.5 Å². The van der Waals surface area contributed by atoms with Crippen molar-refractivity contribution in [3.63, 3.8) is 0 Å². The molecule has 1 heterocycles. The van der Waals surface area contributed by atoms with Crippen molar-refractivity contribution in [1.29, 1.82) is 0 Å². The quantitative estimate of drug-likeness (QED) is 0.865. The van der Waals surface area contributed by atoms with Crippen molar-refractivity contribution in [2.45, 2.75) is 20.3 Å². The Kier molecular flexibility index (Phi) is 3.88. The molecular weight excluding hydrogens is 272 g/mol. The van der Waals surface area contributed by atoms with Gasteiger partial charge in [0.15, 0.2) is 0 Å².